The fourth-order valence-electron chi connectivity index (χ4n) is 2.46. The summed E-state index contributed by atoms with van der Waals surface area (Å²) in [5.74, 6) is -0.725. The zero-order valence-electron chi connectivity index (χ0n) is 12.1. The first-order valence-electron chi connectivity index (χ1n) is 6.92. The summed E-state index contributed by atoms with van der Waals surface area (Å²) in [7, 11) is 1.60. The molecule has 5 heteroatoms. The number of hydrogen-bond acceptors (Lipinski definition) is 3. The third-order valence-corrected chi connectivity index (χ3v) is 3.77. The van der Waals surface area contributed by atoms with Crippen LogP contribution in [0.2, 0.25) is 0 Å². The molecule has 0 aromatic heterocycles. The lowest BCUT2D eigenvalue weighted by atomic mass is 9.95. The Morgan fingerprint density at radius 3 is 2.63 bits per heavy atom. The van der Waals surface area contributed by atoms with Crippen molar-refractivity contribution < 1.29 is 19.4 Å². The Labute approximate surface area is 114 Å². The minimum absolute atomic E-state index is 0.0712. The molecule has 0 aromatic rings. The molecule has 1 heterocycles. The predicted molar refractivity (Wildman–Crippen MR) is 71.9 cm³/mol. The van der Waals surface area contributed by atoms with Crippen molar-refractivity contribution in [3.05, 3.63) is 0 Å². The molecule has 0 radical (unpaired) electrons. The van der Waals surface area contributed by atoms with Crippen molar-refractivity contribution in [1.82, 2.24) is 4.90 Å². The molecule has 1 N–H and O–H groups in total. The SMILES string of the molecule is COC(C)(C)CC(=O)N1CCCCC1CCC(=O)O. The van der Waals surface area contributed by atoms with Crippen molar-refractivity contribution >= 4 is 11.9 Å². The average molecular weight is 271 g/mol. The van der Waals surface area contributed by atoms with Gasteiger partial charge in [0.15, 0.2) is 0 Å². The Kier molecular flexibility index (Phi) is 5.79. The normalized spacial score (nSPS) is 20.4. The Morgan fingerprint density at radius 1 is 1.37 bits per heavy atom. The zero-order chi connectivity index (χ0) is 14.5. The van der Waals surface area contributed by atoms with Crippen molar-refractivity contribution in [2.24, 2.45) is 0 Å². The quantitative estimate of drug-likeness (QED) is 0.803. The highest BCUT2D eigenvalue weighted by Gasteiger charge is 2.30. The molecule has 19 heavy (non-hydrogen) atoms. The highest BCUT2D eigenvalue weighted by atomic mass is 16.5. The van der Waals surface area contributed by atoms with Crippen LogP contribution in [0.1, 0.15) is 52.4 Å². The smallest absolute Gasteiger partial charge is 0.303 e. The second kappa shape index (κ2) is 6.89. The monoisotopic (exact) mass is 271 g/mol. The van der Waals surface area contributed by atoms with Crippen molar-refractivity contribution in [3.8, 4) is 0 Å². The van der Waals surface area contributed by atoms with Crippen molar-refractivity contribution in [3.63, 3.8) is 0 Å². The fourth-order valence-corrected chi connectivity index (χ4v) is 2.46. The van der Waals surface area contributed by atoms with Gasteiger partial charge in [0.05, 0.1) is 12.0 Å². The zero-order valence-corrected chi connectivity index (χ0v) is 12.1. The summed E-state index contributed by atoms with van der Waals surface area (Å²) in [4.78, 5) is 24.9. The van der Waals surface area contributed by atoms with Crippen molar-refractivity contribution in [2.45, 2.75) is 64.0 Å². The van der Waals surface area contributed by atoms with E-state index in [0.29, 0.717) is 12.8 Å². The number of methoxy groups -OCH3 is 1. The van der Waals surface area contributed by atoms with Crippen LogP contribution in [0.4, 0.5) is 0 Å². The summed E-state index contributed by atoms with van der Waals surface area (Å²) in [5.41, 5.74) is -0.466. The third-order valence-electron chi connectivity index (χ3n) is 3.77. The number of aliphatic carboxylic acids is 1. The van der Waals surface area contributed by atoms with Gasteiger partial charge in [0.2, 0.25) is 5.91 Å². The maximum absolute atomic E-state index is 12.3. The lowest BCUT2D eigenvalue weighted by Gasteiger charge is -2.37. The van der Waals surface area contributed by atoms with E-state index in [9.17, 15) is 9.59 Å². The molecule has 0 spiro atoms. The molecular weight excluding hydrogens is 246 g/mol. The van der Waals surface area contributed by atoms with E-state index in [-0.39, 0.29) is 18.4 Å². The molecule has 0 bridgehead atoms. The molecule has 1 unspecified atom stereocenters. The minimum Gasteiger partial charge on any atom is -0.481 e. The largest absolute Gasteiger partial charge is 0.481 e. The van der Waals surface area contributed by atoms with Gasteiger partial charge in [-0.25, -0.2) is 0 Å². The molecule has 1 amide bonds. The van der Waals surface area contributed by atoms with Gasteiger partial charge in [0.25, 0.3) is 0 Å². The molecule has 5 nitrogen and oxygen atoms in total. The predicted octanol–water partition coefficient (Wildman–Crippen LogP) is 2.05. The van der Waals surface area contributed by atoms with Gasteiger partial charge in [-0.2, -0.15) is 0 Å². The van der Waals surface area contributed by atoms with Crippen LogP contribution < -0.4 is 0 Å². The number of carbonyl (C=O) groups is 2. The van der Waals surface area contributed by atoms with Crippen LogP contribution in [0, 0.1) is 0 Å². The van der Waals surface area contributed by atoms with Gasteiger partial charge in [-0.15, -0.1) is 0 Å². The van der Waals surface area contributed by atoms with Gasteiger partial charge in [-0.3, -0.25) is 9.59 Å². The molecule has 1 rings (SSSR count). The molecular formula is C14H25NO4. The molecule has 0 aromatic carbocycles. The number of rotatable bonds is 6. The Bertz CT molecular complexity index is 327. The van der Waals surface area contributed by atoms with Crippen LogP contribution >= 0.6 is 0 Å². The number of ether oxygens (including phenoxy) is 1. The summed E-state index contributed by atoms with van der Waals surface area (Å²) in [5, 5.41) is 8.77. The minimum atomic E-state index is -0.796. The van der Waals surface area contributed by atoms with Crippen LogP contribution in [0.5, 0.6) is 0 Å². The third kappa shape index (κ3) is 5.19. The number of carboxylic acid groups (broad SMARTS) is 1. The topological polar surface area (TPSA) is 66.8 Å². The summed E-state index contributed by atoms with van der Waals surface area (Å²) < 4.78 is 5.29. The summed E-state index contributed by atoms with van der Waals surface area (Å²) in [6.07, 6.45) is 4.00. The van der Waals surface area contributed by atoms with Crippen LogP contribution in [0.15, 0.2) is 0 Å². The van der Waals surface area contributed by atoms with E-state index < -0.39 is 11.6 Å². The first-order valence-corrected chi connectivity index (χ1v) is 6.92. The van der Waals surface area contributed by atoms with Crippen LogP contribution in [-0.2, 0) is 14.3 Å². The number of carboxylic acids is 1. The highest BCUT2D eigenvalue weighted by Crippen LogP contribution is 2.24. The van der Waals surface area contributed by atoms with Gasteiger partial charge in [0.1, 0.15) is 0 Å². The highest BCUT2D eigenvalue weighted by molar-refractivity contribution is 5.77. The Hall–Kier alpha value is -1.10. The molecule has 1 saturated heterocycles. The van der Waals surface area contributed by atoms with Crippen molar-refractivity contribution in [1.29, 1.82) is 0 Å². The molecule has 1 aliphatic heterocycles. The molecule has 1 aliphatic rings. The van der Waals surface area contributed by atoms with E-state index in [2.05, 4.69) is 0 Å². The Morgan fingerprint density at radius 2 is 2.05 bits per heavy atom. The average Bonchev–Trinajstić information content (AvgIpc) is 2.36. The summed E-state index contributed by atoms with van der Waals surface area (Å²) in [6.45, 7) is 4.52. The summed E-state index contributed by atoms with van der Waals surface area (Å²) in [6, 6.07) is 0.0741. The molecule has 110 valence electrons. The lowest BCUT2D eigenvalue weighted by Crippen LogP contribution is -2.46. The maximum Gasteiger partial charge on any atom is 0.303 e. The van der Waals surface area contributed by atoms with Gasteiger partial charge in [-0.1, -0.05) is 0 Å². The molecule has 0 aliphatic carbocycles. The number of carbonyl (C=O) groups excluding carboxylic acids is 1. The van der Waals surface area contributed by atoms with E-state index in [1.165, 1.54) is 0 Å². The summed E-state index contributed by atoms with van der Waals surface area (Å²) >= 11 is 0. The number of piperidine rings is 1. The van der Waals surface area contributed by atoms with Crippen LogP contribution in [0.25, 0.3) is 0 Å². The second-order valence-corrected chi connectivity index (χ2v) is 5.81. The second-order valence-electron chi connectivity index (χ2n) is 5.81. The van der Waals surface area contributed by atoms with Gasteiger partial charge in [-0.05, 0) is 39.5 Å². The van der Waals surface area contributed by atoms with Gasteiger partial charge in [0, 0.05) is 26.1 Å². The molecule has 1 atom stereocenters. The first kappa shape index (κ1) is 16.0. The molecule has 1 fully saturated rings. The first-order chi connectivity index (χ1) is 8.85. The van der Waals surface area contributed by atoms with Crippen molar-refractivity contribution in [2.75, 3.05) is 13.7 Å². The van der Waals surface area contributed by atoms with Crippen LogP contribution in [0.3, 0.4) is 0 Å². The number of hydrogen-bond donors (Lipinski definition) is 1. The number of likely N-dealkylation sites (tertiary alicyclic amines) is 1. The van der Waals surface area contributed by atoms with E-state index in [1.807, 2.05) is 18.7 Å². The molecule has 0 saturated carbocycles. The van der Waals surface area contributed by atoms with E-state index >= 15 is 0 Å². The van der Waals surface area contributed by atoms with E-state index in [4.69, 9.17) is 9.84 Å². The van der Waals surface area contributed by atoms with E-state index in [1.54, 1.807) is 7.11 Å². The van der Waals surface area contributed by atoms with E-state index in [0.717, 1.165) is 25.8 Å². The van der Waals surface area contributed by atoms with Gasteiger partial charge >= 0.3 is 5.97 Å². The standard InChI is InChI=1S/C14H25NO4/c1-14(2,19-3)10-12(16)15-9-5-4-6-11(15)7-8-13(17)18/h11H,4-10H2,1-3H3,(H,17,18). The Balaban J connectivity index is 2.60. The number of nitrogens with zero attached hydrogens (tertiary/aromatic N) is 1. The van der Waals surface area contributed by atoms with Crippen LogP contribution in [-0.4, -0.2) is 47.2 Å². The van der Waals surface area contributed by atoms with Gasteiger partial charge < -0.3 is 14.7 Å². The number of amides is 1. The fraction of sp³-hybridized carbons (Fsp3) is 0.857. The maximum atomic E-state index is 12.3. The lowest BCUT2D eigenvalue weighted by molar-refractivity contribution is -0.143.